The van der Waals surface area contributed by atoms with Crippen molar-refractivity contribution in [2.24, 2.45) is 0 Å². The second-order valence-corrected chi connectivity index (χ2v) is 6.47. The summed E-state index contributed by atoms with van der Waals surface area (Å²) in [5, 5.41) is 20.3. The predicted molar refractivity (Wildman–Crippen MR) is 92.5 cm³/mol. The van der Waals surface area contributed by atoms with E-state index >= 15 is 0 Å². The van der Waals surface area contributed by atoms with Crippen LogP contribution in [0.1, 0.15) is 22.2 Å². The van der Waals surface area contributed by atoms with E-state index in [1.165, 1.54) is 0 Å². The summed E-state index contributed by atoms with van der Waals surface area (Å²) in [4.78, 5) is 12.4. The van der Waals surface area contributed by atoms with Crippen LogP contribution in [-0.2, 0) is 18.9 Å². The maximum absolute atomic E-state index is 12.4. The molecule has 6 atom stereocenters. The molecule has 2 N–H and O–H groups in total. The molecule has 2 fully saturated rings. The lowest BCUT2D eigenvalue weighted by atomic mass is 9.97. The third kappa shape index (κ3) is 3.73. The van der Waals surface area contributed by atoms with Gasteiger partial charge in [0.25, 0.3) is 0 Å². The van der Waals surface area contributed by atoms with Crippen molar-refractivity contribution in [3.8, 4) is 0 Å². The largest absolute Gasteiger partial charge is 0.453 e. The number of carbonyl (C=O) groups is 1. The summed E-state index contributed by atoms with van der Waals surface area (Å²) in [6.45, 7) is 0.132. The smallest absolute Gasteiger partial charge is 0.338 e. The fourth-order valence-electron chi connectivity index (χ4n) is 3.26. The molecule has 0 aromatic heterocycles. The van der Waals surface area contributed by atoms with Crippen LogP contribution in [0.3, 0.4) is 0 Å². The van der Waals surface area contributed by atoms with Gasteiger partial charge in [0, 0.05) is 5.56 Å². The minimum atomic E-state index is -1.50. The molecular formula is C20H20O7. The number of esters is 1. The predicted octanol–water partition coefficient (Wildman–Crippen LogP) is 1.40. The highest BCUT2D eigenvalue weighted by Gasteiger charge is 2.51. The molecule has 2 aliphatic heterocycles. The minimum absolute atomic E-state index is 0.132. The number of aliphatic hydroxyl groups is 2. The standard InChI is InChI=1S/C20H20O7/c21-15-17(26-18(22)12-7-3-1-4-8-12)16-14(25-19(15)23)11-24-20(27-16)13-9-5-2-6-10-13/h1-10,14-17,19-21,23H,11H2/t14-,15-,16+,17-,19-,20?/m1/s1. The van der Waals surface area contributed by atoms with E-state index in [-0.39, 0.29) is 6.61 Å². The van der Waals surface area contributed by atoms with Gasteiger partial charge in [-0.2, -0.15) is 0 Å². The van der Waals surface area contributed by atoms with Crippen molar-refractivity contribution in [3.05, 3.63) is 71.8 Å². The van der Waals surface area contributed by atoms with Crippen LogP contribution in [0.5, 0.6) is 0 Å². The summed E-state index contributed by atoms with van der Waals surface area (Å²) < 4.78 is 22.5. The summed E-state index contributed by atoms with van der Waals surface area (Å²) in [5.74, 6) is -0.612. The molecule has 0 radical (unpaired) electrons. The Labute approximate surface area is 156 Å². The van der Waals surface area contributed by atoms with Gasteiger partial charge in [-0.15, -0.1) is 0 Å². The van der Waals surface area contributed by atoms with Crippen molar-refractivity contribution in [1.82, 2.24) is 0 Å². The maximum Gasteiger partial charge on any atom is 0.338 e. The van der Waals surface area contributed by atoms with Crippen molar-refractivity contribution < 1.29 is 34.0 Å². The zero-order valence-corrected chi connectivity index (χ0v) is 14.4. The number of fused-ring (bicyclic) bond motifs is 1. The summed E-state index contributed by atoms with van der Waals surface area (Å²) in [5.41, 5.74) is 1.14. The molecule has 27 heavy (non-hydrogen) atoms. The van der Waals surface area contributed by atoms with E-state index in [1.54, 1.807) is 30.3 Å². The Hall–Kier alpha value is -2.29. The van der Waals surface area contributed by atoms with Crippen molar-refractivity contribution in [1.29, 1.82) is 0 Å². The van der Waals surface area contributed by atoms with Gasteiger partial charge in [0.1, 0.15) is 18.3 Å². The summed E-state index contributed by atoms with van der Waals surface area (Å²) >= 11 is 0. The zero-order chi connectivity index (χ0) is 18.8. The van der Waals surface area contributed by atoms with Crippen LogP contribution in [0, 0.1) is 0 Å². The Balaban J connectivity index is 1.55. The first-order valence-electron chi connectivity index (χ1n) is 8.73. The number of benzene rings is 2. The second-order valence-electron chi connectivity index (χ2n) is 6.47. The van der Waals surface area contributed by atoms with Gasteiger partial charge in [-0.1, -0.05) is 48.5 Å². The van der Waals surface area contributed by atoms with Crippen LogP contribution in [0.25, 0.3) is 0 Å². The van der Waals surface area contributed by atoms with Gasteiger partial charge in [-0.25, -0.2) is 4.79 Å². The first-order valence-corrected chi connectivity index (χ1v) is 8.73. The lowest BCUT2D eigenvalue weighted by molar-refractivity contribution is -0.353. The van der Waals surface area contributed by atoms with Crippen LogP contribution < -0.4 is 0 Å². The van der Waals surface area contributed by atoms with Gasteiger partial charge in [0.05, 0.1) is 12.2 Å². The molecule has 7 nitrogen and oxygen atoms in total. The molecule has 142 valence electrons. The topological polar surface area (TPSA) is 94.5 Å². The molecule has 2 aliphatic rings. The number of rotatable bonds is 3. The molecule has 0 bridgehead atoms. The van der Waals surface area contributed by atoms with E-state index in [4.69, 9.17) is 18.9 Å². The SMILES string of the molecule is O=C(O[C@@H]1[C@@H](O)[C@H](O)O[C@@H]2COC(c3ccccc3)O[C@H]12)c1ccccc1. The van der Waals surface area contributed by atoms with Gasteiger partial charge >= 0.3 is 5.97 Å². The van der Waals surface area contributed by atoms with E-state index in [2.05, 4.69) is 0 Å². The van der Waals surface area contributed by atoms with Gasteiger partial charge in [-0.05, 0) is 12.1 Å². The van der Waals surface area contributed by atoms with Gasteiger partial charge in [-0.3, -0.25) is 0 Å². The molecule has 1 unspecified atom stereocenters. The molecule has 4 rings (SSSR count). The zero-order valence-electron chi connectivity index (χ0n) is 14.4. The lowest BCUT2D eigenvalue weighted by Gasteiger charge is -2.46. The molecule has 0 saturated carbocycles. The first-order chi connectivity index (χ1) is 13.1. The number of aliphatic hydroxyl groups excluding tert-OH is 2. The number of hydrogen-bond acceptors (Lipinski definition) is 7. The quantitative estimate of drug-likeness (QED) is 0.787. The molecule has 0 aliphatic carbocycles. The van der Waals surface area contributed by atoms with Crippen LogP contribution in [0.2, 0.25) is 0 Å². The summed E-state index contributed by atoms with van der Waals surface area (Å²) in [6.07, 6.45) is -6.17. The monoisotopic (exact) mass is 372 g/mol. The maximum atomic E-state index is 12.4. The van der Waals surface area contributed by atoms with Gasteiger partial charge < -0.3 is 29.2 Å². The minimum Gasteiger partial charge on any atom is -0.453 e. The normalized spacial score (nSPS) is 33.1. The Morgan fingerprint density at radius 3 is 2.33 bits per heavy atom. The van der Waals surface area contributed by atoms with E-state index in [9.17, 15) is 15.0 Å². The van der Waals surface area contributed by atoms with E-state index in [0.717, 1.165) is 5.56 Å². The average Bonchev–Trinajstić information content (AvgIpc) is 2.72. The van der Waals surface area contributed by atoms with Crippen molar-refractivity contribution >= 4 is 5.97 Å². The number of carbonyl (C=O) groups excluding carboxylic acids is 1. The van der Waals surface area contributed by atoms with E-state index in [1.807, 2.05) is 30.3 Å². The Bertz CT molecular complexity index is 766. The van der Waals surface area contributed by atoms with Crippen molar-refractivity contribution in [2.45, 2.75) is 37.0 Å². The van der Waals surface area contributed by atoms with Gasteiger partial charge in [0.2, 0.25) is 0 Å². The first kappa shape index (κ1) is 18.1. The third-order valence-corrected chi connectivity index (χ3v) is 4.65. The van der Waals surface area contributed by atoms with Crippen LogP contribution >= 0.6 is 0 Å². The molecule has 7 heteroatoms. The molecule has 2 aromatic carbocycles. The number of hydrogen-bond donors (Lipinski definition) is 2. The average molecular weight is 372 g/mol. The molecule has 2 saturated heterocycles. The van der Waals surface area contributed by atoms with E-state index in [0.29, 0.717) is 5.56 Å². The van der Waals surface area contributed by atoms with E-state index < -0.39 is 43.0 Å². The Kier molecular flexibility index (Phi) is 5.20. The highest BCUT2D eigenvalue weighted by molar-refractivity contribution is 5.89. The molecular weight excluding hydrogens is 352 g/mol. The van der Waals surface area contributed by atoms with Crippen molar-refractivity contribution in [3.63, 3.8) is 0 Å². The molecule has 2 heterocycles. The molecule has 2 aromatic rings. The Morgan fingerprint density at radius 2 is 1.63 bits per heavy atom. The van der Waals surface area contributed by atoms with Crippen LogP contribution in [-0.4, -0.2) is 53.5 Å². The molecule has 0 spiro atoms. The highest BCUT2D eigenvalue weighted by Crippen LogP contribution is 2.35. The van der Waals surface area contributed by atoms with Crippen LogP contribution in [0.15, 0.2) is 60.7 Å². The van der Waals surface area contributed by atoms with Crippen molar-refractivity contribution in [2.75, 3.05) is 6.61 Å². The highest BCUT2D eigenvalue weighted by atomic mass is 16.7. The van der Waals surface area contributed by atoms with Gasteiger partial charge in [0.15, 0.2) is 18.7 Å². The Morgan fingerprint density at radius 1 is 0.963 bits per heavy atom. The fraction of sp³-hybridized carbons (Fsp3) is 0.350. The second kappa shape index (κ2) is 7.75. The fourth-order valence-corrected chi connectivity index (χ4v) is 3.26. The summed E-state index contributed by atoms with van der Waals surface area (Å²) in [6, 6.07) is 17.7. The summed E-state index contributed by atoms with van der Waals surface area (Å²) in [7, 11) is 0. The van der Waals surface area contributed by atoms with Crippen LogP contribution in [0.4, 0.5) is 0 Å². The molecule has 0 amide bonds. The third-order valence-electron chi connectivity index (χ3n) is 4.65. The number of ether oxygens (including phenoxy) is 4. The lowest BCUT2D eigenvalue weighted by Crippen LogP contribution is -2.62.